The number of anilines is 1. The zero-order valence-corrected chi connectivity index (χ0v) is 17.9. The van der Waals surface area contributed by atoms with Gasteiger partial charge in [0, 0.05) is 37.2 Å². The summed E-state index contributed by atoms with van der Waals surface area (Å²) in [5.74, 6) is -3.34. The number of aromatic nitrogens is 2. The predicted octanol–water partition coefficient (Wildman–Crippen LogP) is 5.70. The minimum atomic E-state index is -4.45. The second-order valence-corrected chi connectivity index (χ2v) is 8.04. The van der Waals surface area contributed by atoms with Crippen LogP contribution in [-0.2, 0) is 13.0 Å². The Labute approximate surface area is 192 Å². The lowest BCUT2D eigenvalue weighted by Gasteiger charge is -2.35. The molecule has 0 atom stereocenters. The van der Waals surface area contributed by atoms with Crippen molar-refractivity contribution < 1.29 is 31.2 Å². The van der Waals surface area contributed by atoms with Crippen LogP contribution in [0.3, 0.4) is 0 Å². The average molecular weight is 480 g/mol. The lowest BCUT2D eigenvalue weighted by atomic mass is 10.1. The number of carbonyl (C=O) groups excluding carboxylic acids is 1. The fourth-order valence-corrected chi connectivity index (χ4v) is 3.62. The van der Waals surface area contributed by atoms with Crippen LogP contribution < -0.4 is 4.90 Å². The number of benzene rings is 2. The molecule has 2 amide bonds. The third-order valence-corrected chi connectivity index (χ3v) is 5.42. The van der Waals surface area contributed by atoms with Gasteiger partial charge in [0.15, 0.2) is 0 Å². The second kappa shape index (κ2) is 9.40. The Bertz CT molecular complexity index is 1110. The maximum Gasteiger partial charge on any atom is 0.397 e. The summed E-state index contributed by atoms with van der Waals surface area (Å²) < 4.78 is 69.7. The van der Waals surface area contributed by atoms with Crippen molar-refractivity contribution >= 4 is 11.7 Å². The molecule has 4 rings (SSSR count). The molecule has 2 aromatic carbocycles. The van der Waals surface area contributed by atoms with Gasteiger partial charge >= 0.3 is 12.2 Å². The third kappa shape index (κ3) is 5.89. The standard InChI is InChI=1S/C23H21F5N4O2/c24-22(25)10-12-31(13-11-22)21(33)32(18-4-2-1-3-5-18)15-16-6-8-17(9-7-16)20-30-29-19(34-20)14-23(26,27)28/h1-9H,10-15H2. The van der Waals surface area contributed by atoms with Gasteiger partial charge in [0.25, 0.3) is 5.92 Å². The Balaban J connectivity index is 1.50. The summed E-state index contributed by atoms with van der Waals surface area (Å²) in [5.41, 5.74) is 1.77. The molecule has 180 valence electrons. The van der Waals surface area contributed by atoms with Crippen molar-refractivity contribution in [1.82, 2.24) is 15.1 Å². The summed E-state index contributed by atoms with van der Waals surface area (Å²) in [4.78, 5) is 16.1. The molecule has 11 heteroatoms. The molecule has 0 bridgehead atoms. The van der Waals surface area contributed by atoms with Crippen LogP contribution in [0.15, 0.2) is 59.0 Å². The number of hydrogen-bond acceptors (Lipinski definition) is 4. The summed E-state index contributed by atoms with van der Waals surface area (Å²) >= 11 is 0. The number of rotatable bonds is 5. The molecule has 1 aliphatic rings. The Morgan fingerprint density at radius 3 is 2.26 bits per heavy atom. The highest BCUT2D eigenvalue weighted by Crippen LogP contribution is 2.30. The topological polar surface area (TPSA) is 62.5 Å². The van der Waals surface area contributed by atoms with Crippen molar-refractivity contribution in [2.24, 2.45) is 0 Å². The molecule has 2 heterocycles. The lowest BCUT2D eigenvalue weighted by molar-refractivity contribution is -0.130. The van der Waals surface area contributed by atoms with E-state index in [1.165, 1.54) is 9.80 Å². The van der Waals surface area contributed by atoms with Crippen molar-refractivity contribution in [2.45, 2.75) is 37.9 Å². The molecule has 0 radical (unpaired) electrons. The van der Waals surface area contributed by atoms with Crippen LogP contribution in [0.25, 0.3) is 11.5 Å². The van der Waals surface area contributed by atoms with Crippen molar-refractivity contribution in [3.05, 3.63) is 66.1 Å². The minimum Gasteiger partial charge on any atom is -0.420 e. The highest BCUT2D eigenvalue weighted by atomic mass is 19.4. The van der Waals surface area contributed by atoms with Gasteiger partial charge in [-0.15, -0.1) is 10.2 Å². The molecule has 0 saturated carbocycles. The van der Waals surface area contributed by atoms with Crippen molar-refractivity contribution in [3.63, 3.8) is 0 Å². The zero-order valence-electron chi connectivity index (χ0n) is 17.9. The maximum absolute atomic E-state index is 13.5. The summed E-state index contributed by atoms with van der Waals surface area (Å²) in [7, 11) is 0. The number of para-hydroxylation sites is 1. The summed E-state index contributed by atoms with van der Waals surface area (Å²) in [6.07, 6.45) is -6.52. The number of carbonyl (C=O) groups is 1. The number of nitrogens with zero attached hydrogens (tertiary/aromatic N) is 4. The van der Waals surface area contributed by atoms with E-state index >= 15 is 0 Å². The molecule has 1 fully saturated rings. The number of hydrogen-bond donors (Lipinski definition) is 0. The van der Waals surface area contributed by atoms with Crippen LogP contribution in [0.2, 0.25) is 0 Å². The van der Waals surface area contributed by atoms with Gasteiger partial charge in [0.2, 0.25) is 11.8 Å². The predicted molar refractivity (Wildman–Crippen MR) is 113 cm³/mol. The maximum atomic E-state index is 13.5. The quantitative estimate of drug-likeness (QED) is 0.440. The number of alkyl halides is 5. The molecule has 0 spiro atoms. The van der Waals surface area contributed by atoms with E-state index in [0.717, 1.165) is 5.56 Å². The average Bonchev–Trinajstić information content (AvgIpc) is 3.25. The molecule has 1 aliphatic heterocycles. The van der Waals surface area contributed by atoms with Crippen LogP contribution in [0.5, 0.6) is 0 Å². The van der Waals surface area contributed by atoms with Crippen LogP contribution in [0, 0.1) is 0 Å². The first-order valence-electron chi connectivity index (χ1n) is 10.6. The van der Waals surface area contributed by atoms with Gasteiger partial charge in [-0.2, -0.15) is 13.2 Å². The van der Waals surface area contributed by atoms with Crippen LogP contribution in [0.4, 0.5) is 32.4 Å². The van der Waals surface area contributed by atoms with E-state index in [1.54, 1.807) is 54.6 Å². The van der Waals surface area contributed by atoms with Crippen LogP contribution in [-0.4, -0.2) is 46.3 Å². The molecule has 3 aromatic rings. The van der Waals surface area contributed by atoms with Crippen molar-refractivity contribution in [1.29, 1.82) is 0 Å². The monoisotopic (exact) mass is 480 g/mol. The first kappa shape index (κ1) is 23.7. The highest BCUT2D eigenvalue weighted by Gasteiger charge is 2.37. The molecule has 0 aliphatic carbocycles. The molecule has 0 unspecified atom stereocenters. The van der Waals surface area contributed by atoms with Gasteiger partial charge in [-0.1, -0.05) is 30.3 Å². The molecule has 0 N–H and O–H groups in total. The number of urea groups is 1. The summed E-state index contributed by atoms with van der Waals surface area (Å²) in [6, 6.07) is 15.1. The third-order valence-electron chi connectivity index (χ3n) is 5.42. The van der Waals surface area contributed by atoms with Crippen LogP contribution in [0.1, 0.15) is 24.3 Å². The van der Waals surface area contributed by atoms with E-state index in [4.69, 9.17) is 4.42 Å². The molecular formula is C23H21F5N4O2. The summed E-state index contributed by atoms with van der Waals surface area (Å²) in [6.45, 7) is 0.0935. The first-order chi connectivity index (χ1) is 16.1. The van der Waals surface area contributed by atoms with E-state index in [2.05, 4.69) is 10.2 Å². The molecule has 34 heavy (non-hydrogen) atoms. The fraction of sp³-hybridized carbons (Fsp3) is 0.348. The van der Waals surface area contributed by atoms with Crippen LogP contribution >= 0.6 is 0 Å². The molecule has 1 saturated heterocycles. The van der Waals surface area contributed by atoms with E-state index in [9.17, 15) is 26.7 Å². The summed E-state index contributed by atoms with van der Waals surface area (Å²) in [5, 5.41) is 7.09. The van der Waals surface area contributed by atoms with Crippen molar-refractivity contribution in [2.75, 3.05) is 18.0 Å². The Hall–Kier alpha value is -3.50. The highest BCUT2D eigenvalue weighted by molar-refractivity contribution is 5.92. The SMILES string of the molecule is O=C(N1CCC(F)(F)CC1)N(Cc1ccc(-c2nnc(CC(F)(F)F)o2)cc1)c1ccccc1. The molecule has 1 aromatic heterocycles. The second-order valence-electron chi connectivity index (χ2n) is 8.04. The van der Waals surface area contributed by atoms with Crippen molar-refractivity contribution in [3.8, 4) is 11.5 Å². The molecular weight excluding hydrogens is 459 g/mol. The number of likely N-dealkylation sites (tertiary alicyclic amines) is 1. The van der Waals surface area contributed by atoms with E-state index in [0.29, 0.717) is 11.3 Å². The number of halogens is 5. The van der Waals surface area contributed by atoms with Gasteiger partial charge in [-0.3, -0.25) is 4.90 Å². The largest absolute Gasteiger partial charge is 0.420 e. The Morgan fingerprint density at radius 1 is 1.00 bits per heavy atom. The van der Waals surface area contributed by atoms with Gasteiger partial charge in [-0.05, 0) is 29.8 Å². The fourth-order valence-electron chi connectivity index (χ4n) is 3.62. The lowest BCUT2D eigenvalue weighted by Crippen LogP contribution is -2.48. The van der Waals surface area contributed by atoms with Gasteiger partial charge in [0.1, 0.15) is 6.42 Å². The van der Waals surface area contributed by atoms with E-state index in [1.807, 2.05) is 0 Å². The molecule has 6 nitrogen and oxygen atoms in total. The van der Waals surface area contributed by atoms with E-state index in [-0.39, 0.29) is 44.4 Å². The zero-order chi connectivity index (χ0) is 24.3. The van der Waals surface area contributed by atoms with E-state index < -0.39 is 24.4 Å². The van der Waals surface area contributed by atoms with Gasteiger partial charge in [-0.25, -0.2) is 13.6 Å². The smallest absolute Gasteiger partial charge is 0.397 e. The van der Waals surface area contributed by atoms with Gasteiger partial charge in [0.05, 0.1) is 6.54 Å². The number of amides is 2. The minimum absolute atomic E-state index is 0.0362. The Kier molecular flexibility index (Phi) is 6.54. The normalized spacial score (nSPS) is 15.9. The Morgan fingerprint density at radius 2 is 1.65 bits per heavy atom. The first-order valence-corrected chi connectivity index (χ1v) is 10.6. The number of piperidine rings is 1. The van der Waals surface area contributed by atoms with Gasteiger partial charge < -0.3 is 9.32 Å².